The van der Waals surface area contributed by atoms with Crippen molar-refractivity contribution >= 4 is 22.9 Å². The van der Waals surface area contributed by atoms with Crippen LogP contribution in [0.4, 0.5) is 11.4 Å². The molecule has 7 heteroatoms. The van der Waals surface area contributed by atoms with Crippen molar-refractivity contribution in [2.45, 2.75) is 6.92 Å². The third-order valence-electron chi connectivity index (χ3n) is 4.27. The topological polar surface area (TPSA) is 71.8 Å². The van der Waals surface area contributed by atoms with E-state index in [0.29, 0.717) is 24.6 Å². The number of hydrogen-bond acceptors (Lipinski definition) is 5. The molecule has 1 saturated heterocycles. The van der Waals surface area contributed by atoms with Gasteiger partial charge in [0, 0.05) is 24.8 Å². The van der Waals surface area contributed by atoms with Crippen LogP contribution < -0.4 is 10.2 Å². The first kappa shape index (κ1) is 15.6. The summed E-state index contributed by atoms with van der Waals surface area (Å²) in [6, 6.07) is 11.3. The number of rotatable bonds is 3. The minimum Gasteiger partial charge on any atom is -0.378 e. The van der Waals surface area contributed by atoms with Crippen LogP contribution in [-0.4, -0.2) is 46.8 Å². The Morgan fingerprint density at radius 3 is 2.84 bits per heavy atom. The van der Waals surface area contributed by atoms with Gasteiger partial charge < -0.3 is 15.0 Å². The molecule has 3 heterocycles. The molecule has 0 saturated carbocycles. The number of hydrogen-bond donors (Lipinski definition) is 1. The fourth-order valence-corrected chi connectivity index (χ4v) is 3.03. The van der Waals surface area contributed by atoms with Gasteiger partial charge in [-0.1, -0.05) is 12.1 Å². The largest absolute Gasteiger partial charge is 0.378 e. The van der Waals surface area contributed by atoms with Gasteiger partial charge in [-0.2, -0.15) is 5.10 Å². The van der Waals surface area contributed by atoms with Gasteiger partial charge in [0.25, 0.3) is 5.91 Å². The van der Waals surface area contributed by atoms with Crippen molar-refractivity contribution in [2.75, 3.05) is 36.5 Å². The van der Waals surface area contributed by atoms with Crippen LogP contribution in [0, 0.1) is 6.92 Å². The molecule has 1 aromatic carbocycles. The average molecular weight is 337 g/mol. The highest BCUT2D eigenvalue weighted by molar-refractivity contribution is 6.05. The number of anilines is 2. The number of aryl methyl sites for hydroxylation is 1. The van der Waals surface area contributed by atoms with Crippen molar-refractivity contribution in [2.24, 2.45) is 0 Å². The average Bonchev–Trinajstić information content (AvgIpc) is 3.12. The molecule has 128 valence electrons. The van der Waals surface area contributed by atoms with Gasteiger partial charge in [-0.05, 0) is 25.1 Å². The zero-order valence-corrected chi connectivity index (χ0v) is 14.0. The Kier molecular flexibility index (Phi) is 4.07. The van der Waals surface area contributed by atoms with E-state index in [9.17, 15) is 4.79 Å². The van der Waals surface area contributed by atoms with Crippen LogP contribution in [0.1, 0.15) is 16.2 Å². The lowest BCUT2D eigenvalue weighted by atomic mass is 10.2. The summed E-state index contributed by atoms with van der Waals surface area (Å²) >= 11 is 0. The van der Waals surface area contributed by atoms with E-state index >= 15 is 0 Å². The molecule has 0 radical (unpaired) electrons. The Labute approximate surface area is 145 Å². The molecule has 3 aromatic rings. The standard InChI is InChI=1S/C18H19N5O2/c1-13-12-15(20-17-6-7-19-23(13)17)18(24)21-14-4-2-3-5-16(14)22-8-10-25-11-9-22/h2-7,12H,8-11H2,1H3,(H,21,24). The maximum Gasteiger partial charge on any atom is 0.274 e. The molecule has 4 rings (SSSR count). The van der Waals surface area contributed by atoms with Gasteiger partial charge in [-0.3, -0.25) is 4.79 Å². The van der Waals surface area contributed by atoms with Crippen LogP contribution in [0.2, 0.25) is 0 Å². The fourth-order valence-electron chi connectivity index (χ4n) is 3.03. The monoisotopic (exact) mass is 337 g/mol. The summed E-state index contributed by atoms with van der Waals surface area (Å²) < 4.78 is 7.12. The van der Waals surface area contributed by atoms with E-state index in [1.807, 2.05) is 31.2 Å². The minimum absolute atomic E-state index is 0.229. The van der Waals surface area contributed by atoms with Crippen molar-refractivity contribution in [1.29, 1.82) is 0 Å². The first-order chi connectivity index (χ1) is 12.2. The molecule has 1 N–H and O–H groups in total. The summed E-state index contributed by atoms with van der Waals surface area (Å²) in [7, 11) is 0. The number of carbonyl (C=O) groups is 1. The summed E-state index contributed by atoms with van der Waals surface area (Å²) in [6.45, 7) is 4.92. The number of ether oxygens (including phenoxy) is 1. The first-order valence-corrected chi connectivity index (χ1v) is 8.27. The van der Waals surface area contributed by atoms with Gasteiger partial charge in [0.2, 0.25) is 0 Å². The SMILES string of the molecule is Cc1cc(C(=O)Nc2ccccc2N2CCOCC2)nc2ccnn12. The Hall–Kier alpha value is -2.93. The predicted octanol–water partition coefficient (Wildman–Crippen LogP) is 2.13. The van der Waals surface area contributed by atoms with Gasteiger partial charge in [0.15, 0.2) is 5.65 Å². The van der Waals surface area contributed by atoms with Gasteiger partial charge in [0.1, 0.15) is 5.69 Å². The lowest BCUT2D eigenvalue weighted by molar-refractivity contribution is 0.102. The highest BCUT2D eigenvalue weighted by Crippen LogP contribution is 2.26. The number of nitrogens with one attached hydrogen (secondary N) is 1. The molecule has 0 aliphatic carbocycles. The Balaban J connectivity index is 1.62. The molecule has 0 bridgehead atoms. The van der Waals surface area contributed by atoms with Gasteiger partial charge >= 0.3 is 0 Å². The van der Waals surface area contributed by atoms with E-state index in [0.717, 1.165) is 30.2 Å². The van der Waals surface area contributed by atoms with E-state index in [-0.39, 0.29) is 5.91 Å². The maximum atomic E-state index is 12.7. The number of amides is 1. The van der Waals surface area contributed by atoms with Gasteiger partial charge in [0.05, 0.1) is 30.8 Å². The van der Waals surface area contributed by atoms with Crippen molar-refractivity contribution in [1.82, 2.24) is 14.6 Å². The molecule has 2 aromatic heterocycles. The number of nitrogens with zero attached hydrogens (tertiary/aromatic N) is 4. The van der Waals surface area contributed by atoms with Crippen molar-refractivity contribution in [3.05, 3.63) is 54.0 Å². The Morgan fingerprint density at radius 2 is 2.00 bits per heavy atom. The molecule has 1 aliphatic heterocycles. The molecule has 1 aliphatic rings. The smallest absolute Gasteiger partial charge is 0.274 e. The quantitative estimate of drug-likeness (QED) is 0.793. The van der Waals surface area contributed by atoms with Crippen LogP contribution in [0.15, 0.2) is 42.6 Å². The van der Waals surface area contributed by atoms with Crippen molar-refractivity contribution < 1.29 is 9.53 Å². The number of fused-ring (bicyclic) bond motifs is 1. The highest BCUT2D eigenvalue weighted by Gasteiger charge is 2.17. The zero-order valence-electron chi connectivity index (χ0n) is 14.0. The number of aromatic nitrogens is 3. The Bertz CT molecular complexity index is 915. The van der Waals surface area contributed by atoms with E-state index in [1.54, 1.807) is 22.8 Å². The molecule has 0 unspecified atom stereocenters. The number of morpholine rings is 1. The first-order valence-electron chi connectivity index (χ1n) is 8.27. The summed E-state index contributed by atoms with van der Waals surface area (Å²) in [6.07, 6.45) is 1.67. The van der Waals surface area contributed by atoms with Crippen molar-refractivity contribution in [3.63, 3.8) is 0 Å². The van der Waals surface area contributed by atoms with Crippen LogP contribution in [0.3, 0.4) is 0 Å². The lowest BCUT2D eigenvalue weighted by Crippen LogP contribution is -2.36. The van der Waals surface area contributed by atoms with E-state index in [2.05, 4.69) is 20.3 Å². The van der Waals surface area contributed by atoms with Crippen LogP contribution in [-0.2, 0) is 4.74 Å². The molecular formula is C18H19N5O2. The van der Waals surface area contributed by atoms with Crippen LogP contribution >= 0.6 is 0 Å². The second kappa shape index (κ2) is 6.52. The van der Waals surface area contributed by atoms with Crippen LogP contribution in [0.25, 0.3) is 5.65 Å². The molecule has 1 fully saturated rings. The molecule has 7 nitrogen and oxygen atoms in total. The molecule has 0 atom stereocenters. The summed E-state index contributed by atoms with van der Waals surface area (Å²) in [4.78, 5) is 19.3. The second-order valence-electron chi connectivity index (χ2n) is 5.95. The number of para-hydroxylation sites is 2. The molecule has 1 amide bonds. The van der Waals surface area contributed by atoms with Gasteiger partial charge in [-0.25, -0.2) is 9.50 Å². The van der Waals surface area contributed by atoms with Crippen molar-refractivity contribution in [3.8, 4) is 0 Å². The number of benzene rings is 1. The third kappa shape index (κ3) is 3.06. The Morgan fingerprint density at radius 1 is 1.20 bits per heavy atom. The maximum absolute atomic E-state index is 12.7. The summed E-state index contributed by atoms with van der Waals surface area (Å²) in [5.41, 5.74) is 3.68. The summed E-state index contributed by atoms with van der Waals surface area (Å²) in [5, 5.41) is 7.18. The molecule has 0 spiro atoms. The summed E-state index contributed by atoms with van der Waals surface area (Å²) in [5.74, 6) is -0.229. The number of carbonyl (C=O) groups excluding carboxylic acids is 1. The van der Waals surface area contributed by atoms with E-state index < -0.39 is 0 Å². The minimum atomic E-state index is -0.229. The molecular weight excluding hydrogens is 318 g/mol. The van der Waals surface area contributed by atoms with E-state index in [1.165, 1.54) is 0 Å². The fraction of sp³-hybridized carbons (Fsp3) is 0.278. The third-order valence-corrected chi connectivity index (χ3v) is 4.27. The molecule has 25 heavy (non-hydrogen) atoms. The predicted molar refractivity (Wildman–Crippen MR) is 95.2 cm³/mol. The normalized spacial score (nSPS) is 14.7. The second-order valence-corrected chi connectivity index (χ2v) is 5.95. The highest BCUT2D eigenvalue weighted by atomic mass is 16.5. The zero-order chi connectivity index (χ0) is 17.2. The van der Waals surface area contributed by atoms with Crippen LogP contribution in [0.5, 0.6) is 0 Å². The van der Waals surface area contributed by atoms with E-state index in [4.69, 9.17) is 4.74 Å². The lowest BCUT2D eigenvalue weighted by Gasteiger charge is -2.30. The van der Waals surface area contributed by atoms with Gasteiger partial charge in [-0.15, -0.1) is 0 Å².